The normalized spacial score (nSPS) is 20.3. The predicted octanol–water partition coefficient (Wildman–Crippen LogP) is 2.25. The second-order valence-electron chi connectivity index (χ2n) is 5.34. The first kappa shape index (κ1) is 15.5. The van der Waals surface area contributed by atoms with E-state index < -0.39 is 0 Å². The van der Waals surface area contributed by atoms with E-state index >= 15 is 0 Å². The smallest absolute Gasteiger partial charge is 0.179 e. The highest BCUT2D eigenvalue weighted by Gasteiger charge is 2.22. The van der Waals surface area contributed by atoms with Crippen LogP contribution in [-0.4, -0.2) is 53.5 Å². The van der Waals surface area contributed by atoms with E-state index in [9.17, 15) is 4.79 Å². The lowest BCUT2D eigenvalue weighted by Gasteiger charge is -2.32. The SMILES string of the molecule is CCN1CCOC(Cn2c(C)cc(C(=O)CCl)c2C)C1. The summed E-state index contributed by atoms with van der Waals surface area (Å²) in [7, 11) is 0. The van der Waals surface area contributed by atoms with Crippen LogP contribution in [0.15, 0.2) is 6.07 Å². The minimum absolute atomic E-state index is 0.00855. The van der Waals surface area contributed by atoms with Crippen LogP contribution in [0.5, 0.6) is 0 Å². The van der Waals surface area contributed by atoms with Crippen molar-refractivity contribution in [2.75, 3.05) is 32.1 Å². The lowest BCUT2D eigenvalue weighted by Crippen LogP contribution is -2.44. The third-order valence-electron chi connectivity index (χ3n) is 4.05. The Bertz CT molecular complexity index is 484. The third kappa shape index (κ3) is 3.25. The Balaban J connectivity index is 2.13. The van der Waals surface area contributed by atoms with Crippen molar-refractivity contribution in [3.8, 4) is 0 Å². The highest BCUT2D eigenvalue weighted by Crippen LogP contribution is 2.18. The summed E-state index contributed by atoms with van der Waals surface area (Å²) in [6, 6.07) is 1.93. The van der Waals surface area contributed by atoms with Crippen molar-refractivity contribution < 1.29 is 9.53 Å². The number of halogens is 1. The summed E-state index contributed by atoms with van der Waals surface area (Å²) in [5.74, 6) is 0.0270. The molecule has 1 saturated heterocycles. The molecule has 0 aliphatic carbocycles. The molecule has 2 rings (SSSR count). The second kappa shape index (κ2) is 6.74. The number of ether oxygens (including phenoxy) is 1. The third-order valence-corrected chi connectivity index (χ3v) is 4.29. The van der Waals surface area contributed by atoms with E-state index in [4.69, 9.17) is 16.3 Å². The molecule has 0 spiro atoms. The van der Waals surface area contributed by atoms with Gasteiger partial charge in [0.2, 0.25) is 0 Å². The molecular weight excluding hydrogens is 276 g/mol. The largest absolute Gasteiger partial charge is 0.374 e. The van der Waals surface area contributed by atoms with Gasteiger partial charge in [-0.1, -0.05) is 6.92 Å². The number of hydrogen-bond acceptors (Lipinski definition) is 3. The van der Waals surface area contributed by atoms with Gasteiger partial charge in [0, 0.05) is 30.0 Å². The maximum atomic E-state index is 11.8. The number of aryl methyl sites for hydroxylation is 1. The van der Waals surface area contributed by atoms with Gasteiger partial charge >= 0.3 is 0 Å². The first-order valence-electron chi connectivity index (χ1n) is 7.16. The minimum Gasteiger partial charge on any atom is -0.374 e. The number of carbonyl (C=O) groups is 1. The van der Waals surface area contributed by atoms with Gasteiger partial charge in [0.1, 0.15) is 0 Å². The zero-order valence-electron chi connectivity index (χ0n) is 12.5. The lowest BCUT2D eigenvalue weighted by molar-refractivity contribution is -0.0346. The predicted molar refractivity (Wildman–Crippen MR) is 80.8 cm³/mol. The molecule has 1 unspecified atom stereocenters. The van der Waals surface area contributed by atoms with E-state index in [-0.39, 0.29) is 17.8 Å². The zero-order chi connectivity index (χ0) is 14.7. The number of rotatable bonds is 5. The van der Waals surface area contributed by atoms with Gasteiger partial charge in [-0.2, -0.15) is 0 Å². The average Bonchev–Trinajstić information content (AvgIpc) is 2.75. The van der Waals surface area contributed by atoms with Crippen molar-refractivity contribution in [2.24, 2.45) is 0 Å². The maximum Gasteiger partial charge on any atom is 0.179 e. The van der Waals surface area contributed by atoms with Crippen molar-refractivity contribution in [3.63, 3.8) is 0 Å². The molecule has 5 heteroatoms. The van der Waals surface area contributed by atoms with Crippen molar-refractivity contribution in [1.29, 1.82) is 0 Å². The zero-order valence-corrected chi connectivity index (χ0v) is 13.2. The van der Waals surface area contributed by atoms with Crippen LogP contribution in [0, 0.1) is 13.8 Å². The fourth-order valence-corrected chi connectivity index (χ4v) is 2.96. The fraction of sp³-hybridized carbons (Fsp3) is 0.667. The topological polar surface area (TPSA) is 34.5 Å². The van der Waals surface area contributed by atoms with Crippen LogP contribution in [0.3, 0.4) is 0 Å². The lowest BCUT2D eigenvalue weighted by atomic mass is 10.2. The van der Waals surface area contributed by atoms with E-state index in [2.05, 4.69) is 16.4 Å². The molecule has 0 bridgehead atoms. The molecule has 0 saturated carbocycles. The van der Waals surface area contributed by atoms with Crippen LogP contribution in [0.2, 0.25) is 0 Å². The molecule has 0 N–H and O–H groups in total. The standard InChI is InChI=1S/C15H23ClN2O2/c1-4-17-5-6-20-13(9-17)10-18-11(2)7-14(12(18)3)15(19)8-16/h7,13H,4-6,8-10H2,1-3H3. The summed E-state index contributed by atoms with van der Waals surface area (Å²) in [5, 5.41) is 0. The fourth-order valence-electron chi connectivity index (χ4n) is 2.82. The van der Waals surface area contributed by atoms with Gasteiger partial charge in [0.25, 0.3) is 0 Å². The van der Waals surface area contributed by atoms with Crippen molar-refractivity contribution in [3.05, 3.63) is 23.0 Å². The van der Waals surface area contributed by atoms with Gasteiger partial charge in [-0.05, 0) is 26.5 Å². The minimum atomic E-state index is -0.00855. The highest BCUT2D eigenvalue weighted by molar-refractivity contribution is 6.30. The maximum absolute atomic E-state index is 11.8. The Hall–Kier alpha value is -0.840. The van der Waals surface area contributed by atoms with Crippen molar-refractivity contribution in [2.45, 2.75) is 33.4 Å². The molecule has 1 aliphatic rings. The molecular formula is C15H23ClN2O2. The van der Waals surface area contributed by atoms with E-state index in [1.54, 1.807) is 0 Å². The number of Topliss-reactive ketones (excluding diaryl/α,β-unsaturated/α-hetero) is 1. The molecule has 4 nitrogen and oxygen atoms in total. The molecule has 1 aromatic heterocycles. The summed E-state index contributed by atoms with van der Waals surface area (Å²) >= 11 is 5.66. The van der Waals surface area contributed by atoms with Gasteiger partial charge in [0.15, 0.2) is 5.78 Å². The molecule has 2 heterocycles. The van der Waals surface area contributed by atoms with Crippen molar-refractivity contribution >= 4 is 17.4 Å². The number of hydrogen-bond donors (Lipinski definition) is 0. The molecule has 1 atom stereocenters. The van der Waals surface area contributed by atoms with Gasteiger partial charge in [-0.25, -0.2) is 0 Å². The first-order chi connectivity index (χ1) is 9.56. The summed E-state index contributed by atoms with van der Waals surface area (Å²) in [4.78, 5) is 14.2. The first-order valence-corrected chi connectivity index (χ1v) is 7.70. The molecule has 1 fully saturated rings. The Morgan fingerprint density at radius 2 is 2.25 bits per heavy atom. The number of nitrogens with zero attached hydrogens (tertiary/aromatic N) is 2. The number of aromatic nitrogens is 1. The summed E-state index contributed by atoms with van der Waals surface area (Å²) in [6.45, 7) is 10.8. The molecule has 0 radical (unpaired) electrons. The number of ketones is 1. The van der Waals surface area contributed by atoms with Crippen molar-refractivity contribution in [1.82, 2.24) is 9.47 Å². The van der Waals surface area contributed by atoms with Crippen LogP contribution in [0.25, 0.3) is 0 Å². The summed E-state index contributed by atoms with van der Waals surface area (Å²) in [6.07, 6.45) is 0.187. The molecule has 1 aromatic rings. The number of likely N-dealkylation sites (N-methyl/N-ethyl adjacent to an activating group) is 1. The van der Waals surface area contributed by atoms with Gasteiger partial charge in [-0.3, -0.25) is 9.69 Å². The summed E-state index contributed by atoms with van der Waals surface area (Å²) < 4.78 is 8.02. The van der Waals surface area contributed by atoms with Gasteiger partial charge in [-0.15, -0.1) is 11.6 Å². The van der Waals surface area contributed by atoms with Gasteiger partial charge in [0.05, 0.1) is 25.1 Å². The Morgan fingerprint density at radius 3 is 2.90 bits per heavy atom. The van der Waals surface area contributed by atoms with Crippen LogP contribution in [0.4, 0.5) is 0 Å². The Kier molecular flexibility index (Phi) is 5.24. The highest BCUT2D eigenvalue weighted by atomic mass is 35.5. The monoisotopic (exact) mass is 298 g/mol. The second-order valence-corrected chi connectivity index (χ2v) is 5.61. The summed E-state index contributed by atoms with van der Waals surface area (Å²) in [5.41, 5.74) is 2.82. The number of alkyl halides is 1. The number of carbonyl (C=O) groups excluding carboxylic acids is 1. The van der Waals surface area contributed by atoms with Gasteiger partial charge < -0.3 is 9.30 Å². The van der Waals surface area contributed by atoms with Crippen LogP contribution < -0.4 is 0 Å². The molecule has 0 aromatic carbocycles. The van der Waals surface area contributed by atoms with E-state index in [0.29, 0.717) is 0 Å². The Morgan fingerprint density at radius 1 is 1.50 bits per heavy atom. The van der Waals surface area contributed by atoms with E-state index in [1.165, 1.54) is 0 Å². The van der Waals surface area contributed by atoms with E-state index in [1.807, 2.05) is 19.9 Å². The average molecular weight is 299 g/mol. The molecule has 0 amide bonds. The molecule has 20 heavy (non-hydrogen) atoms. The van der Waals surface area contributed by atoms with E-state index in [0.717, 1.165) is 49.7 Å². The number of morpholine rings is 1. The van der Waals surface area contributed by atoms with Crippen LogP contribution in [0.1, 0.15) is 28.7 Å². The quantitative estimate of drug-likeness (QED) is 0.618. The Labute approximate surface area is 125 Å². The molecule has 1 aliphatic heterocycles. The molecule has 112 valence electrons. The van der Waals surface area contributed by atoms with Crippen LogP contribution >= 0.6 is 11.6 Å². The van der Waals surface area contributed by atoms with Crippen LogP contribution in [-0.2, 0) is 11.3 Å².